The molecule has 4 rings (SSSR count). The molecule has 30 heavy (non-hydrogen) atoms. The van der Waals surface area contributed by atoms with E-state index in [9.17, 15) is 13.2 Å². The third kappa shape index (κ3) is 3.88. The Hall–Kier alpha value is -1.54. The van der Waals surface area contributed by atoms with Crippen LogP contribution in [0.1, 0.15) is 70.2 Å². The van der Waals surface area contributed by atoms with Gasteiger partial charge in [0, 0.05) is 29.3 Å². The van der Waals surface area contributed by atoms with E-state index < -0.39 is 15.4 Å². The number of nitrogens with one attached hydrogen (secondary N) is 1. The SMILES string of the molecule is Cc1cc(C)nc(OC2CCC(NS(=O)(=O)CC34CCC(CC3=O)C4(C)C)CC2)n1. The normalized spacial score (nSPS) is 33.1. The molecule has 0 aromatic carbocycles. The number of aromatic nitrogens is 2. The zero-order chi connectivity index (χ0) is 21.7. The van der Waals surface area contributed by atoms with Gasteiger partial charge < -0.3 is 4.74 Å². The van der Waals surface area contributed by atoms with Crippen LogP contribution in [0.4, 0.5) is 0 Å². The number of hydrogen-bond donors (Lipinski definition) is 1. The molecule has 1 N–H and O–H groups in total. The molecule has 3 saturated carbocycles. The molecule has 166 valence electrons. The average Bonchev–Trinajstić information content (AvgIpc) is 2.96. The Kier molecular flexibility index (Phi) is 5.46. The third-order valence-electron chi connectivity index (χ3n) is 7.83. The highest BCUT2D eigenvalue weighted by Gasteiger charge is 2.65. The summed E-state index contributed by atoms with van der Waals surface area (Å²) in [5.74, 6) is 0.384. The first-order valence-electron chi connectivity index (χ1n) is 11.0. The first-order chi connectivity index (χ1) is 14.0. The predicted octanol–water partition coefficient (Wildman–Crippen LogP) is 3.10. The molecule has 0 spiro atoms. The van der Waals surface area contributed by atoms with Gasteiger partial charge in [-0.1, -0.05) is 13.8 Å². The minimum absolute atomic E-state index is 0.00326. The molecule has 3 aliphatic rings. The van der Waals surface area contributed by atoms with Gasteiger partial charge in [0.15, 0.2) is 0 Å². The second kappa shape index (κ2) is 7.55. The maximum absolute atomic E-state index is 13.0. The van der Waals surface area contributed by atoms with Crippen LogP contribution < -0.4 is 9.46 Å². The van der Waals surface area contributed by atoms with Crippen LogP contribution in [0.25, 0.3) is 0 Å². The summed E-state index contributed by atoms with van der Waals surface area (Å²) in [6, 6.07) is 2.19. The molecule has 7 nitrogen and oxygen atoms in total. The zero-order valence-corrected chi connectivity index (χ0v) is 19.2. The topological polar surface area (TPSA) is 98.2 Å². The highest BCUT2D eigenvalue weighted by molar-refractivity contribution is 7.89. The number of aryl methyl sites for hydroxylation is 2. The van der Waals surface area contributed by atoms with Crippen LogP contribution in [-0.4, -0.2) is 42.1 Å². The lowest BCUT2D eigenvalue weighted by Crippen LogP contribution is -2.48. The van der Waals surface area contributed by atoms with Crippen molar-refractivity contribution in [3.05, 3.63) is 17.5 Å². The van der Waals surface area contributed by atoms with E-state index in [0.29, 0.717) is 37.6 Å². The van der Waals surface area contributed by atoms with E-state index in [1.807, 2.05) is 19.9 Å². The number of carbonyl (C=O) groups excluding carboxylic acids is 1. The predicted molar refractivity (Wildman–Crippen MR) is 114 cm³/mol. The Morgan fingerprint density at radius 1 is 1.10 bits per heavy atom. The molecule has 1 heterocycles. The molecule has 2 atom stereocenters. The number of rotatable bonds is 6. The lowest BCUT2D eigenvalue weighted by atomic mass is 9.70. The molecule has 0 aliphatic heterocycles. The van der Waals surface area contributed by atoms with Gasteiger partial charge in [0.05, 0.1) is 5.75 Å². The van der Waals surface area contributed by atoms with E-state index in [1.54, 1.807) is 0 Å². The van der Waals surface area contributed by atoms with Crippen LogP contribution >= 0.6 is 0 Å². The van der Waals surface area contributed by atoms with Gasteiger partial charge in [-0.05, 0) is 69.8 Å². The lowest BCUT2D eigenvalue weighted by molar-refractivity contribution is -0.128. The highest BCUT2D eigenvalue weighted by atomic mass is 32.2. The molecule has 2 bridgehead atoms. The van der Waals surface area contributed by atoms with Crippen LogP contribution in [0.5, 0.6) is 6.01 Å². The number of hydrogen-bond acceptors (Lipinski definition) is 6. The van der Waals surface area contributed by atoms with E-state index in [4.69, 9.17) is 4.74 Å². The zero-order valence-electron chi connectivity index (χ0n) is 18.4. The van der Waals surface area contributed by atoms with Crippen LogP contribution in [0.15, 0.2) is 6.07 Å². The monoisotopic (exact) mass is 435 g/mol. The van der Waals surface area contributed by atoms with E-state index in [0.717, 1.165) is 30.7 Å². The minimum atomic E-state index is -3.54. The summed E-state index contributed by atoms with van der Waals surface area (Å²) in [6.07, 6.45) is 5.10. The van der Waals surface area contributed by atoms with Crippen molar-refractivity contribution in [2.45, 2.75) is 84.8 Å². The fraction of sp³-hybridized carbons (Fsp3) is 0.773. The number of fused-ring (bicyclic) bond motifs is 2. The molecule has 0 radical (unpaired) electrons. The Morgan fingerprint density at radius 3 is 2.27 bits per heavy atom. The van der Waals surface area contributed by atoms with Crippen LogP contribution in [0, 0.1) is 30.6 Å². The van der Waals surface area contributed by atoms with Gasteiger partial charge >= 0.3 is 6.01 Å². The maximum Gasteiger partial charge on any atom is 0.317 e. The molecule has 0 saturated heterocycles. The van der Waals surface area contributed by atoms with E-state index >= 15 is 0 Å². The Morgan fingerprint density at radius 2 is 1.73 bits per heavy atom. The Bertz CT molecular complexity index is 917. The molecule has 1 aromatic heterocycles. The molecule has 3 fully saturated rings. The first-order valence-corrected chi connectivity index (χ1v) is 12.7. The van der Waals surface area contributed by atoms with E-state index in [-0.39, 0.29) is 29.1 Å². The van der Waals surface area contributed by atoms with Crippen molar-refractivity contribution in [1.82, 2.24) is 14.7 Å². The van der Waals surface area contributed by atoms with Gasteiger partial charge in [0.25, 0.3) is 0 Å². The van der Waals surface area contributed by atoms with Crippen molar-refractivity contribution >= 4 is 15.8 Å². The first kappa shape index (κ1) is 21.7. The second-order valence-electron chi connectivity index (χ2n) is 10.1. The minimum Gasteiger partial charge on any atom is -0.460 e. The maximum atomic E-state index is 13.0. The van der Waals surface area contributed by atoms with Crippen LogP contribution in [0.3, 0.4) is 0 Å². The summed E-state index contributed by atoms with van der Waals surface area (Å²) in [6.45, 7) is 7.97. The van der Waals surface area contributed by atoms with Crippen LogP contribution in [0.2, 0.25) is 0 Å². The van der Waals surface area contributed by atoms with E-state index in [2.05, 4.69) is 28.5 Å². The second-order valence-corrected chi connectivity index (χ2v) is 11.8. The summed E-state index contributed by atoms with van der Waals surface area (Å²) >= 11 is 0. The van der Waals surface area contributed by atoms with Gasteiger partial charge in [0.2, 0.25) is 10.0 Å². The van der Waals surface area contributed by atoms with Crippen molar-refractivity contribution in [3.63, 3.8) is 0 Å². The van der Waals surface area contributed by atoms with Crippen molar-refractivity contribution in [1.29, 1.82) is 0 Å². The number of nitrogens with zero attached hydrogens (tertiary/aromatic N) is 2. The molecular formula is C22H33N3O4S. The smallest absolute Gasteiger partial charge is 0.317 e. The number of Topliss-reactive ketones (excluding diaryl/α,β-unsaturated/α-hetero) is 1. The highest BCUT2D eigenvalue weighted by Crippen LogP contribution is 2.64. The lowest BCUT2D eigenvalue weighted by Gasteiger charge is -2.37. The van der Waals surface area contributed by atoms with Crippen molar-refractivity contribution < 1.29 is 17.9 Å². The van der Waals surface area contributed by atoms with Crippen molar-refractivity contribution in [3.8, 4) is 6.01 Å². The number of ketones is 1. The van der Waals surface area contributed by atoms with Crippen molar-refractivity contribution in [2.75, 3.05) is 5.75 Å². The number of sulfonamides is 1. The Balaban J connectivity index is 1.34. The fourth-order valence-corrected chi connectivity index (χ4v) is 8.08. The molecule has 2 unspecified atom stereocenters. The van der Waals surface area contributed by atoms with Gasteiger partial charge in [-0.3, -0.25) is 4.79 Å². The summed E-state index contributed by atoms with van der Waals surface area (Å²) < 4.78 is 34.8. The fourth-order valence-electron chi connectivity index (χ4n) is 5.92. The van der Waals surface area contributed by atoms with Crippen LogP contribution in [-0.2, 0) is 14.8 Å². The molecule has 0 amide bonds. The summed E-state index contributed by atoms with van der Waals surface area (Å²) in [4.78, 5) is 21.3. The number of carbonyl (C=O) groups is 1. The standard InChI is InChI=1S/C22H33N3O4S/c1-14-11-15(2)24-20(23-14)29-18-7-5-17(6-8-18)25-30(27,28)13-22-10-9-16(12-19(22)26)21(22,3)4/h11,16-18,25H,5-10,12-13H2,1-4H3. The molecule has 8 heteroatoms. The largest absolute Gasteiger partial charge is 0.460 e. The quantitative estimate of drug-likeness (QED) is 0.737. The number of ether oxygens (including phenoxy) is 1. The molecule has 3 aliphatic carbocycles. The summed E-state index contributed by atoms with van der Waals surface area (Å²) in [5, 5.41) is 0. The summed E-state index contributed by atoms with van der Waals surface area (Å²) in [7, 11) is -3.54. The van der Waals surface area contributed by atoms with Gasteiger partial charge in [-0.25, -0.2) is 23.1 Å². The molecule has 1 aromatic rings. The average molecular weight is 436 g/mol. The van der Waals surface area contributed by atoms with Gasteiger partial charge in [-0.2, -0.15) is 0 Å². The Labute approximate surface area is 179 Å². The summed E-state index contributed by atoms with van der Waals surface area (Å²) in [5.41, 5.74) is 0.786. The third-order valence-corrected chi connectivity index (χ3v) is 9.40. The van der Waals surface area contributed by atoms with Gasteiger partial charge in [0.1, 0.15) is 11.9 Å². The van der Waals surface area contributed by atoms with Gasteiger partial charge in [-0.15, -0.1) is 0 Å². The molecular weight excluding hydrogens is 402 g/mol. The van der Waals surface area contributed by atoms with Crippen molar-refractivity contribution in [2.24, 2.45) is 16.7 Å². The van der Waals surface area contributed by atoms with E-state index in [1.165, 1.54) is 0 Å².